The summed E-state index contributed by atoms with van der Waals surface area (Å²) in [4.78, 5) is 24.8. The zero-order valence-electron chi connectivity index (χ0n) is 12.0. The molecule has 0 bridgehead atoms. The Balaban J connectivity index is 1.71. The number of likely N-dealkylation sites (N-methyl/N-ethyl adjacent to an activating group) is 1. The molecule has 0 aromatic rings. The predicted octanol–water partition coefficient (Wildman–Crippen LogP) is -0.773. The van der Waals surface area contributed by atoms with Crippen LogP contribution < -0.4 is 15.5 Å². The van der Waals surface area contributed by atoms with Gasteiger partial charge in [-0.25, -0.2) is 0 Å². The number of hydrogen-bond donors (Lipinski definition) is 3. The van der Waals surface area contributed by atoms with Crippen LogP contribution in [0, 0.1) is 0 Å². The van der Waals surface area contributed by atoms with Crippen molar-refractivity contribution in [3.8, 4) is 0 Å². The molecule has 108 valence electrons. The molecule has 0 saturated heterocycles. The SMILES string of the molecule is C[C@@H](C(=O)NC1CCCC1)[NH+](C)CC(=O)NC1CC1. The Labute approximate surface area is 115 Å². The molecule has 2 rings (SSSR count). The molecule has 0 aromatic carbocycles. The first kappa shape index (κ1) is 14.3. The Bertz CT molecular complexity index is 336. The van der Waals surface area contributed by atoms with Gasteiger partial charge in [-0.05, 0) is 32.6 Å². The van der Waals surface area contributed by atoms with E-state index in [0.717, 1.165) is 30.6 Å². The molecule has 0 aliphatic heterocycles. The average molecular weight is 268 g/mol. The van der Waals surface area contributed by atoms with Crippen molar-refractivity contribution in [2.24, 2.45) is 0 Å². The van der Waals surface area contributed by atoms with Gasteiger partial charge in [0.05, 0.1) is 7.05 Å². The van der Waals surface area contributed by atoms with E-state index in [1.807, 2.05) is 14.0 Å². The Morgan fingerprint density at radius 2 is 1.68 bits per heavy atom. The topological polar surface area (TPSA) is 62.6 Å². The minimum absolute atomic E-state index is 0.0560. The van der Waals surface area contributed by atoms with E-state index in [9.17, 15) is 9.59 Å². The molecule has 3 N–H and O–H groups in total. The monoisotopic (exact) mass is 268 g/mol. The average Bonchev–Trinajstić information content (AvgIpc) is 3.02. The first-order valence-corrected chi connectivity index (χ1v) is 7.48. The highest BCUT2D eigenvalue weighted by Gasteiger charge is 2.29. The van der Waals surface area contributed by atoms with E-state index in [4.69, 9.17) is 0 Å². The molecule has 2 fully saturated rings. The molecular formula is C14H26N3O2+. The first-order chi connectivity index (χ1) is 9.06. The second-order valence-electron chi connectivity index (χ2n) is 6.08. The zero-order valence-corrected chi connectivity index (χ0v) is 12.0. The fraction of sp³-hybridized carbons (Fsp3) is 0.857. The largest absolute Gasteiger partial charge is 0.348 e. The van der Waals surface area contributed by atoms with Crippen molar-refractivity contribution in [3.05, 3.63) is 0 Å². The van der Waals surface area contributed by atoms with Gasteiger partial charge in [0.15, 0.2) is 12.6 Å². The van der Waals surface area contributed by atoms with Crippen molar-refractivity contribution in [2.75, 3.05) is 13.6 Å². The van der Waals surface area contributed by atoms with Gasteiger partial charge in [-0.2, -0.15) is 0 Å². The summed E-state index contributed by atoms with van der Waals surface area (Å²) in [6, 6.07) is 0.566. The molecule has 1 unspecified atom stereocenters. The van der Waals surface area contributed by atoms with Gasteiger partial charge in [-0.3, -0.25) is 9.59 Å². The lowest BCUT2D eigenvalue weighted by Gasteiger charge is -2.22. The highest BCUT2D eigenvalue weighted by molar-refractivity contribution is 5.81. The maximum Gasteiger partial charge on any atom is 0.278 e. The van der Waals surface area contributed by atoms with E-state index in [2.05, 4.69) is 10.6 Å². The van der Waals surface area contributed by atoms with Crippen molar-refractivity contribution in [2.45, 2.75) is 63.6 Å². The van der Waals surface area contributed by atoms with Crippen LogP contribution >= 0.6 is 0 Å². The van der Waals surface area contributed by atoms with E-state index in [1.54, 1.807) is 0 Å². The maximum absolute atomic E-state index is 12.1. The summed E-state index contributed by atoms with van der Waals surface area (Å²) >= 11 is 0. The third kappa shape index (κ3) is 4.49. The normalized spacial score (nSPS) is 22.8. The lowest BCUT2D eigenvalue weighted by molar-refractivity contribution is -0.886. The first-order valence-electron chi connectivity index (χ1n) is 7.48. The van der Waals surface area contributed by atoms with E-state index < -0.39 is 0 Å². The third-order valence-electron chi connectivity index (χ3n) is 4.22. The van der Waals surface area contributed by atoms with E-state index in [1.165, 1.54) is 12.8 Å². The number of nitrogens with one attached hydrogen (secondary N) is 3. The van der Waals surface area contributed by atoms with Crippen molar-refractivity contribution < 1.29 is 14.5 Å². The van der Waals surface area contributed by atoms with E-state index >= 15 is 0 Å². The van der Waals surface area contributed by atoms with Crippen molar-refractivity contribution in [3.63, 3.8) is 0 Å². The Morgan fingerprint density at radius 1 is 1.11 bits per heavy atom. The molecule has 19 heavy (non-hydrogen) atoms. The zero-order chi connectivity index (χ0) is 13.8. The lowest BCUT2D eigenvalue weighted by atomic mass is 10.2. The predicted molar refractivity (Wildman–Crippen MR) is 72.8 cm³/mol. The van der Waals surface area contributed by atoms with Crippen molar-refractivity contribution in [1.82, 2.24) is 10.6 Å². The summed E-state index contributed by atoms with van der Waals surface area (Å²) in [6.45, 7) is 2.26. The van der Waals surface area contributed by atoms with Crippen molar-refractivity contribution in [1.29, 1.82) is 0 Å². The number of hydrogen-bond acceptors (Lipinski definition) is 2. The fourth-order valence-electron chi connectivity index (χ4n) is 2.53. The Hall–Kier alpha value is -1.10. The second-order valence-corrected chi connectivity index (χ2v) is 6.08. The van der Waals surface area contributed by atoms with Crippen LogP contribution in [0.15, 0.2) is 0 Å². The van der Waals surface area contributed by atoms with Gasteiger partial charge in [0.2, 0.25) is 0 Å². The van der Waals surface area contributed by atoms with Gasteiger partial charge in [-0.1, -0.05) is 12.8 Å². The maximum atomic E-state index is 12.1. The summed E-state index contributed by atoms with van der Waals surface area (Å²) < 4.78 is 0. The second kappa shape index (κ2) is 6.37. The number of quaternary nitrogens is 1. The molecule has 0 aromatic heterocycles. The molecule has 0 heterocycles. The van der Waals surface area contributed by atoms with Crippen LogP contribution in [0.4, 0.5) is 0 Å². The summed E-state index contributed by atoms with van der Waals surface area (Å²) in [5.74, 6) is 0.129. The van der Waals surface area contributed by atoms with Crippen LogP contribution in [0.2, 0.25) is 0 Å². The molecule has 0 radical (unpaired) electrons. The van der Waals surface area contributed by atoms with E-state index in [0.29, 0.717) is 18.6 Å². The Morgan fingerprint density at radius 3 is 2.26 bits per heavy atom. The molecule has 5 heteroatoms. The van der Waals surface area contributed by atoms with Gasteiger partial charge in [0.1, 0.15) is 0 Å². The minimum atomic E-state index is -0.175. The summed E-state index contributed by atoms with van der Waals surface area (Å²) in [5, 5.41) is 6.05. The summed E-state index contributed by atoms with van der Waals surface area (Å²) in [6.07, 6.45) is 6.82. The quantitative estimate of drug-likeness (QED) is 0.592. The number of carbonyl (C=O) groups is 2. The van der Waals surface area contributed by atoms with E-state index in [-0.39, 0.29) is 17.9 Å². The molecule has 2 amide bonds. The number of rotatable bonds is 6. The number of amides is 2. The smallest absolute Gasteiger partial charge is 0.278 e. The molecule has 5 nitrogen and oxygen atoms in total. The van der Waals surface area contributed by atoms with Gasteiger partial charge < -0.3 is 15.5 Å². The number of carbonyl (C=O) groups excluding carboxylic acids is 2. The van der Waals surface area contributed by atoms with Crippen LogP contribution in [-0.4, -0.2) is 43.5 Å². The van der Waals surface area contributed by atoms with Crippen molar-refractivity contribution >= 4 is 11.8 Å². The minimum Gasteiger partial charge on any atom is -0.348 e. The third-order valence-corrected chi connectivity index (χ3v) is 4.22. The molecular weight excluding hydrogens is 242 g/mol. The fourth-order valence-corrected chi connectivity index (χ4v) is 2.53. The van der Waals surface area contributed by atoms with Crippen LogP contribution in [-0.2, 0) is 9.59 Å². The highest BCUT2D eigenvalue weighted by atomic mass is 16.2. The van der Waals surface area contributed by atoms with Crippen LogP contribution in [0.1, 0.15) is 45.4 Å². The molecule has 2 aliphatic rings. The molecule has 2 saturated carbocycles. The van der Waals surface area contributed by atoms with Gasteiger partial charge in [-0.15, -0.1) is 0 Å². The van der Waals surface area contributed by atoms with Gasteiger partial charge >= 0.3 is 0 Å². The molecule has 2 atom stereocenters. The highest BCUT2D eigenvalue weighted by Crippen LogP contribution is 2.18. The lowest BCUT2D eigenvalue weighted by Crippen LogP contribution is -3.15. The van der Waals surface area contributed by atoms with Crippen LogP contribution in [0.5, 0.6) is 0 Å². The van der Waals surface area contributed by atoms with Gasteiger partial charge in [0.25, 0.3) is 11.8 Å². The summed E-state index contributed by atoms with van der Waals surface area (Å²) in [5.41, 5.74) is 0. The standard InChI is InChI=1S/C14H25N3O2/c1-10(14(19)16-11-5-3-4-6-11)17(2)9-13(18)15-12-7-8-12/h10-12H,3-9H2,1-2H3,(H,15,18)(H,16,19)/p+1/t10-/m0/s1. The molecule has 2 aliphatic carbocycles. The van der Waals surface area contributed by atoms with Crippen LogP contribution in [0.25, 0.3) is 0 Å². The van der Waals surface area contributed by atoms with Crippen LogP contribution in [0.3, 0.4) is 0 Å². The Kier molecular flexibility index (Phi) is 4.80. The molecule has 0 spiro atoms. The summed E-state index contributed by atoms with van der Waals surface area (Å²) in [7, 11) is 1.91. The van der Waals surface area contributed by atoms with Gasteiger partial charge in [0, 0.05) is 12.1 Å².